The molecule has 1 fully saturated rings. The first-order valence-corrected chi connectivity index (χ1v) is 6.05. The third-order valence-corrected chi connectivity index (χ3v) is 3.48. The van der Waals surface area contributed by atoms with Gasteiger partial charge in [0.25, 0.3) is 0 Å². The number of nitrogens with one attached hydrogen (secondary N) is 1. The molecule has 0 aromatic heterocycles. The number of hydrogen-bond acceptors (Lipinski definition) is 1. The van der Waals surface area contributed by atoms with Crippen LogP contribution in [0.2, 0.25) is 0 Å². The van der Waals surface area contributed by atoms with E-state index in [0.29, 0.717) is 5.41 Å². The zero-order chi connectivity index (χ0) is 10.7. The molecule has 1 aromatic carbocycles. The van der Waals surface area contributed by atoms with E-state index in [1.54, 1.807) is 11.1 Å². The molecule has 0 saturated heterocycles. The normalized spacial score (nSPS) is 17.7. The van der Waals surface area contributed by atoms with Gasteiger partial charge in [-0.05, 0) is 37.4 Å². The van der Waals surface area contributed by atoms with Crippen molar-refractivity contribution in [1.82, 2.24) is 5.32 Å². The maximum Gasteiger partial charge on any atom is 0.00810 e. The number of aryl methyl sites for hydroxylation is 1. The summed E-state index contributed by atoms with van der Waals surface area (Å²) < 4.78 is 0. The van der Waals surface area contributed by atoms with Crippen LogP contribution in [0.25, 0.3) is 0 Å². The minimum atomic E-state index is 0.473. The Balaban J connectivity index is 2.26. The van der Waals surface area contributed by atoms with Gasteiger partial charge < -0.3 is 5.32 Å². The summed E-state index contributed by atoms with van der Waals surface area (Å²) in [6, 6.07) is 8.98. The molecule has 82 valence electrons. The highest BCUT2D eigenvalue weighted by Crippen LogP contribution is 2.48. The van der Waals surface area contributed by atoms with Crippen LogP contribution in [-0.4, -0.2) is 13.6 Å². The van der Waals surface area contributed by atoms with Gasteiger partial charge in [0.1, 0.15) is 0 Å². The Kier molecular flexibility index (Phi) is 3.11. The fraction of sp³-hybridized carbons (Fsp3) is 0.571. The second-order valence-electron chi connectivity index (χ2n) is 4.72. The van der Waals surface area contributed by atoms with Gasteiger partial charge in [0.2, 0.25) is 0 Å². The molecule has 0 spiro atoms. The minimum absolute atomic E-state index is 0.473. The number of rotatable bonds is 5. The number of likely N-dealkylation sites (N-methyl/N-ethyl adjacent to an activating group) is 1. The van der Waals surface area contributed by atoms with E-state index >= 15 is 0 Å². The van der Waals surface area contributed by atoms with Crippen LogP contribution in [0, 0.1) is 0 Å². The molecule has 0 bridgehead atoms. The van der Waals surface area contributed by atoms with Crippen LogP contribution in [0.15, 0.2) is 24.3 Å². The molecule has 0 atom stereocenters. The van der Waals surface area contributed by atoms with Crippen LogP contribution >= 0.6 is 0 Å². The molecule has 0 amide bonds. The maximum absolute atomic E-state index is 3.34. The van der Waals surface area contributed by atoms with Crippen molar-refractivity contribution in [2.45, 2.75) is 38.0 Å². The third-order valence-electron chi connectivity index (χ3n) is 3.48. The Hall–Kier alpha value is -0.820. The Morgan fingerprint density at radius 1 is 1.27 bits per heavy atom. The third kappa shape index (κ3) is 2.07. The number of hydrogen-bond donors (Lipinski definition) is 1. The summed E-state index contributed by atoms with van der Waals surface area (Å²) in [5.41, 5.74) is 3.63. The lowest BCUT2D eigenvalue weighted by molar-refractivity contribution is 0.617. The summed E-state index contributed by atoms with van der Waals surface area (Å²) in [6.45, 7) is 3.39. The molecule has 1 aliphatic rings. The molecular formula is C14H21N. The van der Waals surface area contributed by atoms with E-state index < -0.39 is 0 Å². The zero-order valence-corrected chi connectivity index (χ0v) is 9.84. The predicted molar refractivity (Wildman–Crippen MR) is 65.3 cm³/mol. The van der Waals surface area contributed by atoms with Crippen LogP contribution in [0.1, 0.15) is 37.3 Å². The first kappa shape index (κ1) is 10.7. The van der Waals surface area contributed by atoms with Gasteiger partial charge in [0.05, 0.1) is 0 Å². The van der Waals surface area contributed by atoms with Crippen molar-refractivity contribution in [2.24, 2.45) is 0 Å². The summed E-state index contributed by atoms with van der Waals surface area (Å²) in [6.07, 6.45) is 5.18. The molecule has 1 saturated carbocycles. The fourth-order valence-electron chi connectivity index (χ4n) is 2.56. The summed E-state index contributed by atoms with van der Waals surface area (Å²) >= 11 is 0. The highest BCUT2D eigenvalue weighted by Gasteiger charge is 2.44. The largest absolute Gasteiger partial charge is 0.319 e. The molecule has 1 nitrogen and oxygen atoms in total. The predicted octanol–water partition coefficient (Wildman–Crippen LogP) is 2.89. The van der Waals surface area contributed by atoms with Gasteiger partial charge in [-0.1, -0.05) is 37.6 Å². The second kappa shape index (κ2) is 4.36. The smallest absolute Gasteiger partial charge is 0.00810 e. The average Bonchev–Trinajstić information content (AvgIpc) is 3.01. The van der Waals surface area contributed by atoms with Gasteiger partial charge in [-0.15, -0.1) is 0 Å². The lowest BCUT2D eigenvalue weighted by Crippen LogP contribution is -2.24. The van der Waals surface area contributed by atoms with Crippen molar-refractivity contribution in [2.75, 3.05) is 13.6 Å². The Labute approximate surface area is 92.9 Å². The standard InChI is InChI=1S/C14H21N/c1-3-6-12-7-4-5-8-13(12)14(9-10-14)11-15-2/h4-5,7-8,15H,3,6,9-11H2,1-2H3. The summed E-state index contributed by atoms with van der Waals surface area (Å²) in [5.74, 6) is 0. The van der Waals surface area contributed by atoms with Crippen LogP contribution in [0.4, 0.5) is 0 Å². The van der Waals surface area contributed by atoms with Gasteiger partial charge in [0, 0.05) is 12.0 Å². The van der Waals surface area contributed by atoms with Gasteiger partial charge in [0.15, 0.2) is 0 Å². The van der Waals surface area contributed by atoms with E-state index in [-0.39, 0.29) is 0 Å². The van der Waals surface area contributed by atoms with Crippen molar-refractivity contribution >= 4 is 0 Å². The van der Waals surface area contributed by atoms with Crippen molar-refractivity contribution in [3.05, 3.63) is 35.4 Å². The Morgan fingerprint density at radius 3 is 2.60 bits per heavy atom. The molecular weight excluding hydrogens is 182 g/mol. The Morgan fingerprint density at radius 2 is 2.00 bits per heavy atom. The molecule has 1 heteroatoms. The van der Waals surface area contributed by atoms with E-state index in [4.69, 9.17) is 0 Å². The summed E-state index contributed by atoms with van der Waals surface area (Å²) in [7, 11) is 2.06. The van der Waals surface area contributed by atoms with E-state index in [2.05, 4.69) is 43.6 Å². The van der Waals surface area contributed by atoms with Gasteiger partial charge in [-0.2, -0.15) is 0 Å². The minimum Gasteiger partial charge on any atom is -0.319 e. The highest BCUT2D eigenvalue weighted by molar-refractivity contribution is 5.39. The van der Waals surface area contributed by atoms with Crippen molar-refractivity contribution in [1.29, 1.82) is 0 Å². The monoisotopic (exact) mass is 203 g/mol. The zero-order valence-electron chi connectivity index (χ0n) is 9.84. The van der Waals surface area contributed by atoms with Crippen LogP contribution in [0.3, 0.4) is 0 Å². The van der Waals surface area contributed by atoms with Crippen molar-refractivity contribution < 1.29 is 0 Å². The first-order chi connectivity index (χ1) is 7.32. The van der Waals surface area contributed by atoms with E-state index in [9.17, 15) is 0 Å². The summed E-state index contributed by atoms with van der Waals surface area (Å²) in [4.78, 5) is 0. The molecule has 1 aliphatic carbocycles. The first-order valence-electron chi connectivity index (χ1n) is 6.05. The number of benzene rings is 1. The van der Waals surface area contributed by atoms with Gasteiger partial charge in [-0.25, -0.2) is 0 Å². The Bertz CT molecular complexity index is 326. The highest BCUT2D eigenvalue weighted by atomic mass is 14.8. The van der Waals surface area contributed by atoms with E-state index in [1.807, 2.05) is 0 Å². The lowest BCUT2D eigenvalue weighted by Gasteiger charge is -2.19. The molecule has 0 heterocycles. The van der Waals surface area contributed by atoms with Crippen molar-refractivity contribution in [3.63, 3.8) is 0 Å². The molecule has 1 aromatic rings. The fourth-order valence-corrected chi connectivity index (χ4v) is 2.56. The van der Waals surface area contributed by atoms with Crippen LogP contribution < -0.4 is 5.32 Å². The van der Waals surface area contributed by atoms with E-state index in [0.717, 1.165) is 6.54 Å². The average molecular weight is 203 g/mol. The van der Waals surface area contributed by atoms with Gasteiger partial charge in [-0.3, -0.25) is 0 Å². The molecule has 0 aliphatic heterocycles. The molecule has 1 N–H and O–H groups in total. The quantitative estimate of drug-likeness (QED) is 0.776. The second-order valence-corrected chi connectivity index (χ2v) is 4.72. The molecule has 0 unspecified atom stereocenters. The van der Waals surface area contributed by atoms with E-state index in [1.165, 1.54) is 25.7 Å². The summed E-state index contributed by atoms with van der Waals surface area (Å²) in [5, 5.41) is 3.34. The topological polar surface area (TPSA) is 12.0 Å². The lowest BCUT2D eigenvalue weighted by atomic mass is 9.89. The van der Waals surface area contributed by atoms with Crippen LogP contribution in [0.5, 0.6) is 0 Å². The molecule has 15 heavy (non-hydrogen) atoms. The maximum atomic E-state index is 3.34. The molecule has 2 rings (SSSR count). The van der Waals surface area contributed by atoms with Gasteiger partial charge >= 0.3 is 0 Å². The van der Waals surface area contributed by atoms with Crippen LogP contribution in [-0.2, 0) is 11.8 Å². The van der Waals surface area contributed by atoms with Crippen molar-refractivity contribution in [3.8, 4) is 0 Å². The SMILES string of the molecule is CCCc1ccccc1C1(CNC)CC1. The molecule has 0 radical (unpaired) electrons.